The number of nitrogens with two attached hydrogens (primary N) is 1. The van der Waals surface area contributed by atoms with Crippen LogP contribution in [0.4, 0.5) is 0 Å². The molecular weight excluding hydrogens is 232 g/mol. The van der Waals surface area contributed by atoms with Gasteiger partial charge in [0.15, 0.2) is 0 Å². The third-order valence-corrected chi connectivity index (χ3v) is 5.35. The summed E-state index contributed by atoms with van der Waals surface area (Å²) >= 11 is 0. The van der Waals surface area contributed by atoms with Gasteiger partial charge >= 0.3 is 0 Å². The number of nitrogens with zero attached hydrogens (tertiary/aromatic N) is 1. The first kappa shape index (κ1) is 13.1. The summed E-state index contributed by atoms with van der Waals surface area (Å²) in [7, 11) is 2.30. The maximum Gasteiger partial charge on any atom is 0.00989 e. The van der Waals surface area contributed by atoms with Crippen LogP contribution in [0.3, 0.4) is 0 Å². The molecule has 2 bridgehead atoms. The molecule has 1 aromatic rings. The van der Waals surface area contributed by atoms with Crippen LogP contribution in [0.25, 0.3) is 0 Å². The number of piperidine rings is 1. The molecular formula is C17H26N2. The van der Waals surface area contributed by atoms with E-state index in [9.17, 15) is 0 Å². The molecule has 3 unspecified atom stereocenters. The van der Waals surface area contributed by atoms with Crippen molar-refractivity contribution >= 4 is 0 Å². The minimum Gasteiger partial charge on any atom is -0.327 e. The Hall–Kier alpha value is -0.860. The predicted molar refractivity (Wildman–Crippen MR) is 80.0 cm³/mol. The van der Waals surface area contributed by atoms with Gasteiger partial charge in [0.05, 0.1) is 0 Å². The molecule has 2 N–H and O–H groups in total. The summed E-state index contributed by atoms with van der Waals surface area (Å²) in [5, 5.41) is 0. The van der Waals surface area contributed by atoms with Gasteiger partial charge in [-0.3, -0.25) is 0 Å². The highest BCUT2D eigenvalue weighted by Crippen LogP contribution is 2.38. The number of hydrogen-bond acceptors (Lipinski definition) is 2. The Morgan fingerprint density at radius 3 is 2.42 bits per heavy atom. The van der Waals surface area contributed by atoms with Crippen molar-refractivity contribution in [3.63, 3.8) is 0 Å². The van der Waals surface area contributed by atoms with Crippen LogP contribution in [0.1, 0.15) is 37.7 Å². The van der Waals surface area contributed by atoms with E-state index in [2.05, 4.69) is 42.3 Å². The summed E-state index contributed by atoms with van der Waals surface area (Å²) in [6.45, 7) is 0. The molecule has 0 saturated carbocycles. The Kier molecular flexibility index (Phi) is 3.90. The minimum absolute atomic E-state index is 0.386. The van der Waals surface area contributed by atoms with Gasteiger partial charge in [-0.05, 0) is 57.1 Å². The Morgan fingerprint density at radius 2 is 1.79 bits per heavy atom. The van der Waals surface area contributed by atoms with Crippen LogP contribution in [-0.2, 0) is 6.42 Å². The van der Waals surface area contributed by atoms with Crippen molar-refractivity contribution in [3.8, 4) is 0 Å². The summed E-state index contributed by atoms with van der Waals surface area (Å²) in [5.74, 6) is 0.748. The highest BCUT2D eigenvalue weighted by atomic mass is 15.2. The molecule has 0 spiro atoms. The zero-order valence-corrected chi connectivity index (χ0v) is 12.0. The minimum atomic E-state index is 0.386. The lowest BCUT2D eigenvalue weighted by molar-refractivity contribution is 0.119. The molecule has 0 aliphatic carbocycles. The van der Waals surface area contributed by atoms with Gasteiger partial charge in [0, 0.05) is 18.1 Å². The number of fused-ring (bicyclic) bond motifs is 2. The smallest absolute Gasteiger partial charge is 0.00989 e. The Morgan fingerprint density at radius 1 is 1.16 bits per heavy atom. The van der Waals surface area contributed by atoms with E-state index in [1.807, 2.05) is 0 Å². The van der Waals surface area contributed by atoms with Crippen molar-refractivity contribution in [3.05, 3.63) is 35.9 Å². The first-order valence-electron chi connectivity index (χ1n) is 7.75. The maximum atomic E-state index is 6.48. The van der Waals surface area contributed by atoms with Crippen molar-refractivity contribution in [1.29, 1.82) is 0 Å². The van der Waals surface area contributed by atoms with Crippen LogP contribution in [0, 0.1) is 5.92 Å². The lowest BCUT2D eigenvalue weighted by atomic mass is 9.83. The molecule has 2 heteroatoms. The number of benzene rings is 1. The zero-order valence-electron chi connectivity index (χ0n) is 12.0. The van der Waals surface area contributed by atoms with Crippen molar-refractivity contribution < 1.29 is 0 Å². The highest BCUT2D eigenvalue weighted by molar-refractivity contribution is 5.14. The van der Waals surface area contributed by atoms with Gasteiger partial charge in [0.2, 0.25) is 0 Å². The van der Waals surface area contributed by atoms with Crippen LogP contribution < -0.4 is 5.73 Å². The molecule has 2 aliphatic heterocycles. The fraction of sp³-hybridized carbons (Fsp3) is 0.647. The Labute approximate surface area is 117 Å². The summed E-state index contributed by atoms with van der Waals surface area (Å²) in [4.78, 5) is 2.60. The molecule has 2 aliphatic rings. The predicted octanol–water partition coefficient (Wildman–Crippen LogP) is 2.82. The first-order valence-corrected chi connectivity index (χ1v) is 7.75. The van der Waals surface area contributed by atoms with E-state index in [0.717, 1.165) is 30.8 Å². The van der Waals surface area contributed by atoms with E-state index in [0.29, 0.717) is 6.04 Å². The maximum absolute atomic E-state index is 6.48. The Bertz CT molecular complexity index is 389. The van der Waals surface area contributed by atoms with Gasteiger partial charge in [0.25, 0.3) is 0 Å². The average molecular weight is 258 g/mol. The van der Waals surface area contributed by atoms with E-state index in [1.54, 1.807) is 0 Å². The summed E-state index contributed by atoms with van der Waals surface area (Å²) in [5.41, 5.74) is 7.90. The molecule has 2 nitrogen and oxygen atoms in total. The van der Waals surface area contributed by atoms with Crippen LogP contribution >= 0.6 is 0 Å². The van der Waals surface area contributed by atoms with Crippen LogP contribution in [0.2, 0.25) is 0 Å². The van der Waals surface area contributed by atoms with Crippen LogP contribution in [0.15, 0.2) is 30.3 Å². The van der Waals surface area contributed by atoms with E-state index in [-0.39, 0.29) is 0 Å². The van der Waals surface area contributed by atoms with Gasteiger partial charge < -0.3 is 10.6 Å². The second kappa shape index (κ2) is 5.64. The molecule has 3 atom stereocenters. The number of aryl methyl sites for hydroxylation is 1. The van der Waals surface area contributed by atoms with Crippen molar-refractivity contribution in [2.24, 2.45) is 11.7 Å². The summed E-state index contributed by atoms with van der Waals surface area (Å²) in [6.07, 6.45) is 7.69. The summed E-state index contributed by atoms with van der Waals surface area (Å²) < 4.78 is 0. The second-order valence-corrected chi connectivity index (χ2v) is 6.47. The van der Waals surface area contributed by atoms with E-state index < -0.39 is 0 Å². The quantitative estimate of drug-likeness (QED) is 0.900. The zero-order chi connectivity index (χ0) is 13.2. The first-order chi connectivity index (χ1) is 9.24. The topological polar surface area (TPSA) is 29.3 Å². The van der Waals surface area contributed by atoms with E-state index >= 15 is 0 Å². The van der Waals surface area contributed by atoms with Crippen molar-refractivity contribution in [2.45, 2.75) is 56.7 Å². The molecule has 2 saturated heterocycles. The normalized spacial score (nSPS) is 32.4. The third kappa shape index (κ3) is 2.85. The molecule has 1 aromatic carbocycles. The molecule has 2 heterocycles. The van der Waals surface area contributed by atoms with Crippen molar-refractivity contribution in [1.82, 2.24) is 4.90 Å². The molecule has 104 valence electrons. The lowest BCUT2D eigenvalue weighted by Crippen LogP contribution is -2.45. The Balaban J connectivity index is 1.52. The number of rotatable bonds is 4. The van der Waals surface area contributed by atoms with E-state index in [4.69, 9.17) is 5.73 Å². The molecule has 0 amide bonds. The average Bonchev–Trinajstić information content (AvgIpc) is 2.68. The van der Waals surface area contributed by atoms with Crippen molar-refractivity contribution in [2.75, 3.05) is 7.05 Å². The summed E-state index contributed by atoms with van der Waals surface area (Å²) in [6, 6.07) is 12.8. The highest BCUT2D eigenvalue weighted by Gasteiger charge is 2.39. The monoisotopic (exact) mass is 258 g/mol. The second-order valence-electron chi connectivity index (χ2n) is 6.47. The standard InChI is InChI=1S/C17H26N2/c1-19-15-8-9-16(19)12-14(11-15)17(18)10-7-13-5-3-2-4-6-13/h2-6,14-17H,7-12,18H2,1H3. The molecule has 0 radical (unpaired) electrons. The van der Waals surface area contributed by atoms with Crippen LogP contribution in [-0.4, -0.2) is 30.1 Å². The van der Waals surface area contributed by atoms with Crippen LogP contribution in [0.5, 0.6) is 0 Å². The fourth-order valence-corrected chi connectivity index (χ4v) is 4.02. The molecule has 19 heavy (non-hydrogen) atoms. The SMILES string of the molecule is CN1C2CCC1CC(C(N)CCc1ccccc1)C2. The van der Waals surface area contributed by atoms with Gasteiger partial charge in [0.1, 0.15) is 0 Å². The lowest BCUT2D eigenvalue weighted by Gasteiger charge is -2.38. The molecule has 2 fully saturated rings. The fourth-order valence-electron chi connectivity index (χ4n) is 4.02. The van der Waals surface area contributed by atoms with Gasteiger partial charge in [-0.15, -0.1) is 0 Å². The largest absolute Gasteiger partial charge is 0.327 e. The van der Waals surface area contributed by atoms with E-state index in [1.165, 1.54) is 31.2 Å². The molecule has 0 aromatic heterocycles. The van der Waals surface area contributed by atoms with Gasteiger partial charge in [-0.25, -0.2) is 0 Å². The third-order valence-electron chi connectivity index (χ3n) is 5.35. The number of hydrogen-bond donors (Lipinski definition) is 1. The van der Waals surface area contributed by atoms with Gasteiger partial charge in [-0.1, -0.05) is 30.3 Å². The molecule has 3 rings (SSSR count). The van der Waals surface area contributed by atoms with Gasteiger partial charge in [-0.2, -0.15) is 0 Å².